The zero-order valence-electron chi connectivity index (χ0n) is 19.9. The summed E-state index contributed by atoms with van der Waals surface area (Å²) in [5.74, 6) is -0.560. The lowest BCUT2D eigenvalue weighted by Gasteiger charge is -2.28. The molecule has 2 fully saturated rings. The molecule has 0 spiro atoms. The van der Waals surface area contributed by atoms with Gasteiger partial charge in [0.25, 0.3) is 11.7 Å². The van der Waals surface area contributed by atoms with Gasteiger partial charge in [0.1, 0.15) is 11.5 Å². The van der Waals surface area contributed by atoms with Crippen LogP contribution in [-0.4, -0.2) is 61.8 Å². The number of benzene rings is 2. The number of hydrogen-bond acceptors (Lipinski definition) is 7. The van der Waals surface area contributed by atoms with E-state index in [4.69, 9.17) is 30.5 Å². The molecule has 35 heavy (non-hydrogen) atoms. The van der Waals surface area contributed by atoms with Crippen LogP contribution in [0.3, 0.4) is 0 Å². The van der Waals surface area contributed by atoms with Gasteiger partial charge in [-0.25, -0.2) is 0 Å². The van der Waals surface area contributed by atoms with E-state index in [2.05, 4.69) is 0 Å². The van der Waals surface area contributed by atoms with Crippen LogP contribution in [0.5, 0.6) is 17.2 Å². The van der Waals surface area contributed by atoms with Crippen molar-refractivity contribution >= 4 is 29.1 Å². The van der Waals surface area contributed by atoms with E-state index >= 15 is 0 Å². The highest BCUT2D eigenvalue weighted by molar-refractivity contribution is 6.46. The summed E-state index contributed by atoms with van der Waals surface area (Å²) in [5, 5.41) is 11.7. The molecule has 2 heterocycles. The van der Waals surface area contributed by atoms with Gasteiger partial charge in [-0.3, -0.25) is 9.59 Å². The van der Waals surface area contributed by atoms with E-state index < -0.39 is 17.7 Å². The Morgan fingerprint density at radius 3 is 2.51 bits per heavy atom. The first-order valence-corrected chi connectivity index (χ1v) is 11.8. The van der Waals surface area contributed by atoms with Crippen molar-refractivity contribution < 1.29 is 33.6 Å². The van der Waals surface area contributed by atoms with Crippen LogP contribution in [0, 0.1) is 0 Å². The molecule has 2 aromatic rings. The first kappa shape index (κ1) is 24.9. The van der Waals surface area contributed by atoms with Gasteiger partial charge in [0, 0.05) is 18.2 Å². The SMILES string of the molecule is CCOc1ccc(C2/C(=C(\O)c3cc(Cl)ccc3OC)C(=O)C(=O)N2CC2CCCO2)cc1OC. The van der Waals surface area contributed by atoms with E-state index in [9.17, 15) is 14.7 Å². The fraction of sp³-hybridized carbons (Fsp3) is 0.385. The number of amides is 1. The zero-order chi connectivity index (χ0) is 25.1. The summed E-state index contributed by atoms with van der Waals surface area (Å²) in [6.45, 7) is 3.13. The lowest BCUT2D eigenvalue weighted by atomic mass is 9.94. The second kappa shape index (κ2) is 10.6. The normalized spacial score (nSPS) is 21.4. The summed E-state index contributed by atoms with van der Waals surface area (Å²) in [4.78, 5) is 28.0. The zero-order valence-corrected chi connectivity index (χ0v) is 20.6. The number of Topliss-reactive ketones (excluding diaryl/α,β-unsaturated/α-hetero) is 1. The Kier molecular flexibility index (Phi) is 7.52. The molecule has 2 saturated heterocycles. The van der Waals surface area contributed by atoms with Gasteiger partial charge in [0.05, 0.1) is 44.1 Å². The van der Waals surface area contributed by atoms with E-state index in [1.165, 1.54) is 25.2 Å². The van der Waals surface area contributed by atoms with Gasteiger partial charge in [-0.2, -0.15) is 0 Å². The molecule has 0 aromatic heterocycles. The molecule has 8 nitrogen and oxygen atoms in total. The first-order chi connectivity index (χ1) is 16.9. The number of hydrogen-bond donors (Lipinski definition) is 1. The van der Waals surface area contributed by atoms with E-state index in [1.807, 2.05) is 6.92 Å². The molecule has 1 amide bonds. The number of halogens is 1. The molecule has 186 valence electrons. The van der Waals surface area contributed by atoms with Crippen LogP contribution >= 0.6 is 11.6 Å². The van der Waals surface area contributed by atoms with Crippen molar-refractivity contribution in [2.75, 3.05) is 34.0 Å². The maximum atomic E-state index is 13.3. The number of aliphatic hydroxyl groups is 1. The molecule has 2 atom stereocenters. The predicted molar refractivity (Wildman–Crippen MR) is 130 cm³/mol. The number of methoxy groups -OCH3 is 2. The van der Waals surface area contributed by atoms with Crippen molar-refractivity contribution in [2.24, 2.45) is 0 Å². The van der Waals surface area contributed by atoms with Gasteiger partial charge in [-0.05, 0) is 55.7 Å². The van der Waals surface area contributed by atoms with Crippen LogP contribution in [-0.2, 0) is 14.3 Å². The fourth-order valence-corrected chi connectivity index (χ4v) is 4.73. The summed E-state index contributed by atoms with van der Waals surface area (Å²) < 4.78 is 22.2. The highest BCUT2D eigenvalue weighted by Crippen LogP contribution is 2.43. The Morgan fingerprint density at radius 1 is 1.11 bits per heavy atom. The third-order valence-corrected chi connectivity index (χ3v) is 6.42. The molecule has 0 bridgehead atoms. The van der Waals surface area contributed by atoms with Gasteiger partial charge in [0.15, 0.2) is 11.5 Å². The van der Waals surface area contributed by atoms with Crippen LogP contribution in [0.2, 0.25) is 5.02 Å². The Morgan fingerprint density at radius 2 is 1.86 bits per heavy atom. The monoisotopic (exact) mass is 501 g/mol. The van der Waals surface area contributed by atoms with Crippen molar-refractivity contribution in [3.8, 4) is 17.2 Å². The van der Waals surface area contributed by atoms with Crippen molar-refractivity contribution in [3.63, 3.8) is 0 Å². The summed E-state index contributed by atoms with van der Waals surface area (Å²) >= 11 is 6.17. The average Bonchev–Trinajstić information content (AvgIpc) is 3.46. The summed E-state index contributed by atoms with van der Waals surface area (Å²) in [7, 11) is 2.96. The minimum Gasteiger partial charge on any atom is -0.507 e. The average molecular weight is 502 g/mol. The number of rotatable bonds is 8. The van der Waals surface area contributed by atoms with Crippen LogP contribution in [0.15, 0.2) is 42.0 Å². The van der Waals surface area contributed by atoms with Gasteiger partial charge in [0.2, 0.25) is 0 Å². The minimum absolute atomic E-state index is 0.0558. The lowest BCUT2D eigenvalue weighted by molar-refractivity contribution is -0.140. The molecule has 0 aliphatic carbocycles. The summed E-state index contributed by atoms with van der Waals surface area (Å²) in [6, 6.07) is 9.04. The number of aliphatic hydroxyl groups excluding tert-OH is 1. The summed E-state index contributed by atoms with van der Waals surface area (Å²) in [6.07, 6.45) is 1.47. The molecule has 2 aromatic carbocycles. The molecule has 2 aliphatic rings. The standard InChI is InChI=1S/C26H28ClNO7/c1-4-34-20-9-7-15(12-21(20)33-3)23-22(24(29)18-13-16(27)8-10-19(18)32-2)25(30)26(31)28(23)14-17-6-5-11-35-17/h7-10,12-13,17,23,29H,4-6,11,14H2,1-3H3/b24-22+. The number of carbonyl (C=O) groups is 2. The van der Waals surface area contributed by atoms with Crippen LogP contribution in [0.1, 0.15) is 36.9 Å². The van der Waals surface area contributed by atoms with E-state index in [-0.39, 0.29) is 29.5 Å². The topological polar surface area (TPSA) is 94.5 Å². The molecule has 0 saturated carbocycles. The van der Waals surface area contributed by atoms with Gasteiger partial charge in [-0.15, -0.1) is 0 Å². The molecular weight excluding hydrogens is 474 g/mol. The first-order valence-electron chi connectivity index (χ1n) is 11.4. The number of ketones is 1. The Hall–Kier alpha value is -3.23. The van der Waals surface area contributed by atoms with E-state index in [0.717, 1.165) is 12.8 Å². The predicted octanol–water partition coefficient (Wildman–Crippen LogP) is 4.36. The maximum Gasteiger partial charge on any atom is 0.295 e. The van der Waals surface area contributed by atoms with E-state index in [1.54, 1.807) is 30.3 Å². The summed E-state index contributed by atoms with van der Waals surface area (Å²) in [5.41, 5.74) is 0.753. The maximum absolute atomic E-state index is 13.3. The molecule has 4 rings (SSSR count). The number of nitrogens with zero attached hydrogens (tertiary/aromatic N) is 1. The number of likely N-dealkylation sites (tertiary alicyclic amines) is 1. The van der Waals surface area contributed by atoms with Crippen molar-refractivity contribution in [3.05, 3.63) is 58.1 Å². The van der Waals surface area contributed by atoms with Gasteiger partial charge < -0.3 is 29.0 Å². The van der Waals surface area contributed by atoms with Crippen molar-refractivity contribution in [2.45, 2.75) is 31.9 Å². The highest BCUT2D eigenvalue weighted by atomic mass is 35.5. The smallest absolute Gasteiger partial charge is 0.295 e. The molecule has 0 radical (unpaired) electrons. The quantitative estimate of drug-likeness (QED) is 0.326. The second-order valence-electron chi connectivity index (χ2n) is 8.27. The Bertz CT molecular complexity index is 1160. The second-order valence-corrected chi connectivity index (χ2v) is 8.71. The van der Waals surface area contributed by atoms with Crippen LogP contribution in [0.4, 0.5) is 0 Å². The molecule has 2 aliphatic heterocycles. The van der Waals surface area contributed by atoms with Crippen molar-refractivity contribution in [1.82, 2.24) is 4.90 Å². The molecule has 1 N–H and O–H groups in total. The van der Waals surface area contributed by atoms with Gasteiger partial charge >= 0.3 is 0 Å². The Balaban J connectivity index is 1.89. The molecule has 2 unspecified atom stereocenters. The fourth-order valence-electron chi connectivity index (χ4n) is 4.56. The third-order valence-electron chi connectivity index (χ3n) is 6.18. The largest absolute Gasteiger partial charge is 0.507 e. The minimum atomic E-state index is -0.868. The molecular formula is C26H28ClNO7. The number of ether oxygens (including phenoxy) is 4. The van der Waals surface area contributed by atoms with Crippen LogP contribution < -0.4 is 14.2 Å². The van der Waals surface area contributed by atoms with Crippen LogP contribution in [0.25, 0.3) is 5.76 Å². The van der Waals surface area contributed by atoms with E-state index in [0.29, 0.717) is 41.0 Å². The van der Waals surface area contributed by atoms with Crippen molar-refractivity contribution in [1.29, 1.82) is 0 Å². The number of carbonyl (C=O) groups excluding carboxylic acids is 2. The molecule has 9 heteroatoms. The lowest BCUT2D eigenvalue weighted by Crippen LogP contribution is -2.36. The third kappa shape index (κ3) is 4.81. The van der Waals surface area contributed by atoms with Gasteiger partial charge in [-0.1, -0.05) is 17.7 Å². The Labute approximate surface area is 209 Å². The highest BCUT2D eigenvalue weighted by Gasteiger charge is 2.47.